The fourth-order valence-corrected chi connectivity index (χ4v) is 5.05. The van der Waals surface area contributed by atoms with E-state index >= 15 is 0 Å². The van der Waals surface area contributed by atoms with Crippen LogP contribution in [0.2, 0.25) is 0 Å². The average Bonchev–Trinajstić information content (AvgIpc) is 2.46. The van der Waals surface area contributed by atoms with E-state index in [-0.39, 0.29) is 0 Å². The van der Waals surface area contributed by atoms with Gasteiger partial charge >= 0.3 is 0 Å². The highest BCUT2D eigenvalue weighted by atomic mass is 79.9. The van der Waals surface area contributed by atoms with Crippen molar-refractivity contribution in [2.75, 3.05) is 0 Å². The summed E-state index contributed by atoms with van der Waals surface area (Å²) in [7, 11) is 0. The third-order valence-electron chi connectivity index (χ3n) is 4.88. The van der Waals surface area contributed by atoms with Gasteiger partial charge in [0.25, 0.3) is 0 Å². The van der Waals surface area contributed by atoms with Gasteiger partial charge in [-0.05, 0) is 61.7 Å². The lowest BCUT2D eigenvalue weighted by molar-refractivity contribution is 0.0914. The van der Waals surface area contributed by atoms with Gasteiger partial charge in [-0.3, -0.25) is 0 Å². The van der Waals surface area contributed by atoms with Crippen LogP contribution >= 0.6 is 15.9 Å². The van der Waals surface area contributed by atoms with Gasteiger partial charge in [0.15, 0.2) is 0 Å². The summed E-state index contributed by atoms with van der Waals surface area (Å²) in [4.78, 5) is 0.801. The average molecular weight is 273 g/mol. The third kappa shape index (κ3) is 2.60. The van der Waals surface area contributed by atoms with Crippen LogP contribution < -0.4 is 0 Å². The quantitative estimate of drug-likeness (QED) is 0.589. The molecule has 4 atom stereocenters. The van der Waals surface area contributed by atoms with Gasteiger partial charge in [-0.2, -0.15) is 0 Å². The number of halogens is 1. The van der Waals surface area contributed by atoms with E-state index in [9.17, 15) is 0 Å². The second-order valence-electron chi connectivity index (χ2n) is 6.61. The van der Waals surface area contributed by atoms with Crippen LogP contribution in [0.4, 0.5) is 0 Å². The molecule has 2 aliphatic carbocycles. The van der Waals surface area contributed by atoms with Gasteiger partial charge in [-0.15, -0.1) is 0 Å². The number of alkyl halides is 1. The molecule has 0 aromatic rings. The molecular weight excluding hydrogens is 248 g/mol. The summed E-state index contributed by atoms with van der Waals surface area (Å²) in [5.74, 6) is 2.92. The van der Waals surface area contributed by atoms with Crippen molar-refractivity contribution in [1.29, 1.82) is 0 Å². The van der Waals surface area contributed by atoms with Crippen molar-refractivity contribution in [1.82, 2.24) is 0 Å². The van der Waals surface area contributed by atoms with Crippen LogP contribution in [0.3, 0.4) is 0 Å². The first kappa shape index (κ1) is 12.0. The lowest BCUT2D eigenvalue weighted by atomic mass is 9.64. The van der Waals surface area contributed by atoms with E-state index in [4.69, 9.17) is 0 Å². The number of hydrogen-bond donors (Lipinski definition) is 0. The van der Waals surface area contributed by atoms with E-state index in [0.717, 1.165) is 22.6 Å². The van der Waals surface area contributed by atoms with Gasteiger partial charge in [0.05, 0.1) is 0 Å². The molecule has 0 aliphatic heterocycles. The van der Waals surface area contributed by atoms with E-state index in [1.54, 1.807) is 0 Å². The SMILES string of the molecule is CC1CC(C)CC(C2(C)CCC(Br)C2)C1. The highest BCUT2D eigenvalue weighted by Crippen LogP contribution is 2.52. The van der Waals surface area contributed by atoms with Crippen LogP contribution in [0, 0.1) is 23.2 Å². The summed E-state index contributed by atoms with van der Waals surface area (Å²) in [6.07, 6.45) is 8.70. The maximum absolute atomic E-state index is 3.81. The molecule has 0 radical (unpaired) electrons. The maximum Gasteiger partial charge on any atom is 0.0151 e. The Morgan fingerprint density at radius 3 is 2.13 bits per heavy atom. The van der Waals surface area contributed by atoms with Crippen molar-refractivity contribution in [3.8, 4) is 0 Å². The number of rotatable bonds is 1. The molecule has 0 aromatic heterocycles. The van der Waals surface area contributed by atoms with E-state index < -0.39 is 0 Å². The summed E-state index contributed by atoms with van der Waals surface area (Å²) >= 11 is 3.81. The Labute approximate surface area is 103 Å². The predicted molar refractivity (Wildman–Crippen MR) is 70.3 cm³/mol. The van der Waals surface area contributed by atoms with E-state index in [0.29, 0.717) is 5.41 Å². The number of hydrogen-bond acceptors (Lipinski definition) is 0. The molecule has 2 rings (SSSR count). The zero-order chi connectivity index (χ0) is 11.1. The molecule has 2 fully saturated rings. The van der Waals surface area contributed by atoms with Crippen molar-refractivity contribution in [2.45, 2.75) is 64.1 Å². The molecular formula is C14H25Br. The van der Waals surface area contributed by atoms with Crippen molar-refractivity contribution >= 4 is 15.9 Å². The Hall–Kier alpha value is 0.480. The van der Waals surface area contributed by atoms with Crippen molar-refractivity contribution in [2.24, 2.45) is 23.2 Å². The molecule has 0 spiro atoms. The normalized spacial score (nSPS) is 52.0. The molecule has 0 N–H and O–H groups in total. The standard InChI is InChI=1S/C14H25Br/c1-10-6-11(2)8-12(7-10)14(3)5-4-13(15)9-14/h10-13H,4-9H2,1-3H3. The molecule has 2 aliphatic rings. The zero-order valence-electron chi connectivity index (χ0n) is 10.4. The molecule has 0 bridgehead atoms. The van der Waals surface area contributed by atoms with E-state index in [1.807, 2.05) is 0 Å². The Balaban J connectivity index is 2.03. The third-order valence-corrected chi connectivity index (χ3v) is 5.66. The molecule has 88 valence electrons. The Kier molecular flexibility index (Phi) is 3.50. The Morgan fingerprint density at radius 2 is 1.67 bits per heavy atom. The summed E-state index contributed by atoms with van der Waals surface area (Å²) in [5.41, 5.74) is 0.650. The van der Waals surface area contributed by atoms with Gasteiger partial charge in [0.2, 0.25) is 0 Å². The van der Waals surface area contributed by atoms with E-state index in [2.05, 4.69) is 36.7 Å². The topological polar surface area (TPSA) is 0 Å². The van der Waals surface area contributed by atoms with Crippen LogP contribution in [0.15, 0.2) is 0 Å². The van der Waals surface area contributed by atoms with Gasteiger partial charge < -0.3 is 0 Å². The minimum absolute atomic E-state index is 0.650. The van der Waals surface area contributed by atoms with Crippen molar-refractivity contribution in [3.63, 3.8) is 0 Å². The minimum atomic E-state index is 0.650. The molecule has 0 amide bonds. The maximum atomic E-state index is 3.81. The molecule has 1 heteroatoms. The summed E-state index contributed by atoms with van der Waals surface area (Å²) in [5, 5.41) is 0. The smallest absolute Gasteiger partial charge is 0.0151 e. The van der Waals surface area contributed by atoms with Gasteiger partial charge in [-0.25, -0.2) is 0 Å². The summed E-state index contributed by atoms with van der Waals surface area (Å²) in [6.45, 7) is 7.45. The Morgan fingerprint density at radius 1 is 1.07 bits per heavy atom. The lowest BCUT2D eigenvalue weighted by Crippen LogP contribution is -2.32. The van der Waals surface area contributed by atoms with Crippen LogP contribution in [0.25, 0.3) is 0 Å². The first-order chi connectivity index (χ1) is 6.99. The predicted octanol–water partition coefficient (Wildman–Crippen LogP) is 5.01. The highest BCUT2D eigenvalue weighted by molar-refractivity contribution is 9.09. The molecule has 0 nitrogen and oxygen atoms in total. The minimum Gasteiger partial charge on any atom is -0.0890 e. The lowest BCUT2D eigenvalue weighted by Gasteiger charge is -2.41. The fourth-order valence-electron chi connectivity index (χ4n) is 4.08. The van der Waals surface area contributed by atoms with Gasteiger partial charge in [0.1, 0.15) is 0 Å². The van der Waals surface area contributed by atoms with Crippen molar-refractivity contribution < 1.29 is 0 Å². The molecule has 0 saturated heterocycles. The molecule has 2 saturated carbocycles. The van der Waals surface area contributed by atoms with E-state index in [1.165, 1.54) is 38.5 Å². The monoisotopic (exact) mass is 272 g/mol. The zero-order valence-corrected chi connectivity index (χ0v) is 12.0. The van der Waals surface area contributed by atoms with Crippen molar-refractivity contribution in [3.05, 3.63) is 0 Å². The molecule has 0 aromatic carbocycles. The molecule has 15 heavy (non-hydrogen) atoms. The largest absolute Gasteiger partial charge is 0.0890 e. The second-order valence-corrected chi connectivity index (χ2v) is 7.90. The summed E-state index contributed by atoms with van der Waals surface area (Å²) in [6, 6.07) is 0. The second kappa shape index (κ2) is 4.39. The summed E-state index contributed by atoms with van der Waals surface area (Å²) < 4.78 is 0. The molecule has 4 unspecified atom stereocenters. The Bertz CT molecular complexity index is 215. The van der Waals surface area contributed by atoms with Crippen LogP contribution in [0.5, 0.6) is 0 Å². The highest BCUT2D eigenvalue weighted by Gasteiger charge is 2.42. The first-order valence-corrected chi connectivity index (χ1v) is 7.55. The molecule has 0 heterocycles. The van der Waals surface area contributed by atoms with Crippen LogP contribution in [0.1, 0.15) is 59.3 Å². The first-order valence-electron chi connectivity index (χ1n) is 6.63. The van der Waals surface area contributed by atoms with Gasteiger partial charge in [-0.1, -0.05) is 36.7 Å². The van der Waals surface area contributed by atoms with Crippen LogP contribution in [-0.4, -0.2) is 4.83 Å². The van der Waals surface area contributed by atoms with Crippen LogP contribution in [-0.2, 0) is 0 Å². The van der Waals surface area contributed by atoms with Gasteiger partial charge in [0, 0.05) is 4.83 Å². The fraction of sp³-hybridized carbons (Fsp3) is 1.00.